The second-order valence-electron chi connectivity index (χ2n) is 10.7. The molecule has 5 rings (SSSR count). The van der Waals surface area contributed by atoms with Gasteiger partial charge in [-0.3, -0.25) is 4.79 Å². The number of nitrogens with zero attached hydrogens (tertiary/aromatic N) is 1. The summed E-state index contributed by atoms with van der Waals surface area (Å²) < 4.78 is 5.49. The third-order valence-electron chi connectivity index (χ3n) is 7.01. The van der Waals surface area contributed by atoms with Crippen molar-refractivity contribution >= 4 is 12.0 Å². The molecule has 6 nitrogen and oxygen atoms in total. The van der Waals surface area contributed by atoms with Crippen molar-refractivity contribution in [3.63, 3.8) is 0 Å². The fraction of sp³-hybridized carbons (Fsp3) is 0.905. The Hall–Kier alpha value is -1.30. The predicted molar refractivity (Wildman–Crippen MR) is 101 cm³/mol. The first kappa shape index (κ1) is 19.0. The highest BCUT2D eigenvalue weighted by Crippen LogP contribution is 2.63. The van der Waals surface area contributed by atoms with Gasteiger partial charge >= 0.3 is 6.09 Å². The minimum absolute atomic E-state index is 0.0175. The summed E-state index contributed by atoms with van der Waals surface area (Å²) in [6.07, 6.45) is 6.83. The van der Waals surface area contributed by atoms with Gasteiger partial charge in [-0.15, -0.1) is 0 Å². The van der Waals surface area contributed by atoms with Crippen molar-refractivity contribution in [1.82, 2.24) is 10.2 Å². The number of likely N-dealkylation sites (tertiary alicyclic amines) is 1. The summed E-state index contributed by atoms with van der Waals surface area (Å²) in [7, 11) is 0. The normalized spacial score (nSPS) is 38.7. The summed E-state index contributed by atoms with van der Waals surface area (Å²) in [4.78, 5) is 27.9. The van der Waals surface area contributed by atoms with Crippen LogP contribution in [-0.4, -0.2) is 52.3 Å². The number of ether oxygens (including phenoxy) is 1. The van der Waals surface area contributed by atoms with E-state index in [4.69, 9.17) is 4.74 Å². The molecule has 2 amide bonds. The topological polar surface area (TPSA) is 78.9 Å². The number of alkyl carbamates (subject to hydrolysis) is 1. The van der Waals surface area contributed by atoms with Gasteiger partial charge in [-0.1, -0.05) is 0 Å². The second-order valence-corrected chi connectivity index (χ2v) is 10.7. The van der Waals surface area contributed by atoms with E-state index in [2.05, 4.69) is 5.32 Å². The number of nitrogens with one attached hydrogen (secondary N) is 1. The molecular formula is C21H34N2O4. The Morgan fingerprint density at radius 2 is 1.70 bits per heavy atom. The van der Waals surface area contributed by atoms with E-state index in [9.17, 15) is 14.7 Å². The molecule has 0 spiro atoms. The number of aliphatic hydroxyl groups is 1. The van der Waals surface area contributed by atoms with Gasteiger partial charge in [-0.05, 0) is 84.0 Å². The molecule has 0 radical (unpaired) electrons. The standard InChI is InChI=1S/C21H34N2O4/c1-19(2,3)27-18(25)22-16(17(24)23-6-4-5-7-23)20-9-14-8-15(10-20)12-21(26,11-14)13-20/h14-16,26H,4-13H2,1-3H3,(H,22,25). The van der Waals surface area contributed by atoms with Gasteiger partial charge in [0.2, 0.25) is 5.91 Å². The molecule has 3 unspecified atom stereocenters. The van der Waals surface area contributed by atoms with E-state index < -0.39 is 23.3 Å². The molecule has 0 aromatic heterocycles. The molecule has 3 atom stereocenters. The molecule has 5 aliphatic rings. The second kappa shape index (κ2) is 6.36. The molecule has 0 aromatic rings. The van der Waals surface area contributed by atoms with Gasteiger partial charge in [0.25, 0.3) is 0 Å². The SMILES string of the molecule is CC(C)(C)OC(=O)NC(C(=O)N1CCCC1)C12CC3CC(CC(O)(C3)C1)C2. The van der Waals surface area contributed by atoms with Crippen LogP contribution in [0.15, 0.2) is 0 Å². The van der Waals surface area contributed by atoms with Crippen molar-refractivity contribution in [3.8, 4) is 0 Å². The van der Waals surface area contributed by atoms with Crippen LogP contribution in [0.2, 0.25) is 0 Å². The van der Waals surface area contributed by atoms with Crippen LogP contribution in [0, 0.1) is 17.3 Å². The van der Waals surface area contributed by atoms with Crippen LogP contribution >= 0.6 is 0 Å². The summed E-state index contributed by atoms with van der Waals surface area (Å²) in [5.74, 6) is 0.944. The number of carbonyl (C=O) groups excluding carboxylic acids is 2. The van der Waals surface area contributed by atoms with Crippen molar-refractivity contribution in [2.24, 2.45) is 17.3 Å². The summed E-state index contributed by atoms with van der Waals surface area (Å²) in [6.45, 7) is 7.02. The van der Waals surface area contributed by atoms with Crippen LogP contribution in [0.3, 0.4) is 0 Å². The first-order valence-electron chi connectivity index (χ1n) is 10.6. The van der Waals surface area contributed by atoms with Crippen molar-refractivity contribution < 1.29 is 19.4 Å². The first-order valence-corrected chi connectivity index (χ1v) is 10.6. The Labute approximate surface area is 162 Å². The summed E-state index contributed by atoms with van der Waals surface area (Å²) in [6, 6.07) is -0.595. The lowest BCUT2D eigenvalue weighted by molar-refractivity contribution is -0.179. The van der Waals surface area contributed by atoms with Gasteiger partial charge in [-0.2, -0.15) is 0 Å². The molecular weight excluding hydrogens is 344 g/mol. The minimum Gasteiger partial charge on any atom is -0.444 e. The number of rotatable bonds is 3. The predicted octanol–water partition coefficient (Wildman–Crippen LogP) is 2.83. The summed E-state index contributed by atoms with van der Waals surface area (Å²) in [5, 5.41) is 14.1. The molecule has 5 fully saturated rings. The molecule has 4 aliphatic carbocycles. The van der Waals surface area contributed by atoms with E-state index >= 15 is 0 Å². The fourth-order valence-electron chi connectivity index (χ4n) is 6.64. The highest BCUT2D eigenvalue weighted by atomic mass is 16.6. The smallest absolute Gasteiger partial charge is 0.408 e. The number of hydrogen-bond acceptors (Lipinski definition) is 4. The third-order valence-corrected chi connectivity index (χ3v) is 7.01. The van der Waals surface area contributed by atoms with Crippen LogP contribution < -0.4 is 5.32 Å². The van der Waals surface area contributed by atoms with Gasteiger partial charge in [0.1, 0.15) is 11.6 Å². The maximum absolute atomic E-state index is 13.4. The highest BCUT2D eigenvalue weighted by Gasteiger charge is 2.61. The Kier molecular flexibility index (Phi) is 4.48. The van der Waals surface area contributed by atoms with E-state index in [1.165, 1.54) is 0 Å². The first-order chi connectivity index (χ1) is 12.6. The fourth-order valence-corrected chi connectivity index (χ4v) is 6.64. The van der Waals surface area contributed by atoms with Crippen molar-refractivity contribution in [1.29, 1.82) is 0 Å². The lowest BCUT2D eigenvalue weighted by Gasteiger charge is -2.62. The van der Waals surface area contributed by atoms with Gasteiger partial charge in [-0.25, -0.2) is 4.79 Å². The monoisotopic (exact) mass is 378 g/mol. The highest BCUT2D eigenvalue weighted by molar-refractivity contribution is 5.87. The van der Waals surface area contributed by atoms with Crippen LogP contribution in [0.5, 0.6) is 0 Å². The Balaban J connectivity index is 1.61. The van der Waals surface area contributed by atoms with Crippen LogP contribution in [0.1, 0.15) is 72.1 Å². The number of hydrogen-bond donors (Lipinski definition) is 2. The van der Waals surface area contributed by atoms with E-state index in [0.717, 1.165) is 58.0 Å². The van der Waals surface area contributed by atoms with Crippen molar-refractivity contribution in [2.45, 2.75) is 89.4 Å². The molecule has 1 heterocycles. The average Bonchev–Trinajstić information content (AvgIpc) is 3.02. The Morgan fingerprint density at radius 3 is 2.22 bits per heavy atom. The molecule has 6 heteroatoms. The zero-order chi connectivity index (χ0) is 19.4. The van der Waals surface area contributed by atoms with Crippen LogP contribution in [0.4, 0.5) is 4.79 Å². The van der Waals surface area contributed by atoms with Crippen molar-refractivity contribution in [2.75, 3.05) is 13.1 Å². The van der Waals surface area contributed by atoms with Crippen LogP contribution in [-0.2, 0) is 9.53 Å². The summed E-state index contributed by atoms with van der Waals surface area (Å²) in [5.41, 5.74) is -1.61. The third kappa shape index (κ3) is 3.69. The van der Waals surface area contributed by atoms with Gasteiger partial charge in [0.15, 0.2) is 0 Å². The quantitative estimate of drug-likeness (QED) is 0.791. The largest absolute Gasteiger partial charge is 0.444 e. The van der Waals surface area contributed by atoms with E-state index in [1.54, 1.807) is 0 Å². The van der Waals surface area contributed by atoms with E-state index in [1.807, 2.05) is 25.7 Å². The Morgan fingerprint density at radius 1 is 1.11 bits per heavy atom. The minimum atomic E-state index is -0.663. The molecule has 4 saturated carbocycles. The number of amides is 2. The Bertz CT molecular complexity index is 606. The zero-order valence-electron chi connectivity index (χ0n) is 16.9. The lowest BCUT2D eigenvalue weighted by atomic mass is 9.46. The molecule has 1 aliphatic heterocycles. The maximum atomic E-state index is 13.4. The number of carbonyl (C=O) groups is 2. The van der Waals surface area contributed by atoms with Crippen LogP contribution in [0.25, 0.3) is 0 Å². The van der Waals surface area contributed by atoms with E-state index in [-0.39, 0.29) is 11.3 Å². The van der Waals surface area contributed by atoms with Crippen molar-refractivity contribution in [3.05, 3.63) is 0 Å². The van der Waals surface area contributed by atoms with E-state index in [0.29, 0.717) is 18.3 Å². The van der Waals surface area contributed by atoms with Gasteiger partial charge in [0.05, 0.1) is 5.60 Å². The molecule has 27 heavy (non-hydrogen) atoms. The zero-order valence-corrected chi connectivity index (χ0v) is 16.9. The molecule has 1 saturated heterocycles. The molecule has 152 valence electrons. The molecule has 4 bridgehead atoms. The summed E-state index contributed by atoms with van der Waals surface area (Å²) >= 11 is 0. The maximum Gasteiger partial charge on any atom is 0.408 e. The van der Waals surface area contributed by atoms with Gasteiger partial charge < -0.3 is 20.1 Å². The lowest BCUT2D eigenvalue weighted by Crippen LogP contribution is -2.66. The van der Waals surface area contributed by atoms with Gasteiger partial charge in [0, 0.05) is 18.5 Å². The molecule has 0 aromatic carbocycles. The average molecular weight is 379 g/mol. The molecule has 2 N–H and O–H groups in total.